The van der Waals surface area contributed by atoms with E-state index in [9.17, 15) is 18.0 Å². The summed E-state index contributed by atoms with van der Waals surface area (Å²) in [5, 5.41) is 12.6. The second-order valence-corrected chi connectivity index (χ2v) is 9.12. The topological polar surface area (TPSA) is 106 Å². The zero-order chi connectivity index (χ0) is 27.2. The van der Waals surface area contributed by atoms with Gasteiger partial charge in [0.05, 0.1) is 16.6 Å². The number of alkyl halides is 3. The van der Waals surface area contributed by atoms with Crippen LogP contribution in [0.2, 0.25) is 10.0 Å². The van der Waals surface area contributed by atoms with E-state index >= 15 is 0 Å². The molecule has 0 fully saturated rings. The van der Waals surface area contributed by atoms with Crippen molar-refractivity contribution >= 4 is 35.3 Å². The number of carboxylic acid groups (broad SMARTS) is 1. The number of benzene rings is 3. The van der Waals surface area contributed by atoms with E-state index in [0.717, 1.165) is 5.56 Å². The summed E-state index contributed by atoms with van der Waals surface area (Å²) in [6.45, 7) is 0.714. The number of quaternary nitrogens is 1. The molecule has 3 aromatic carbocycles. The average Bonchev–Trinajstić information content (AvgIpc) is 3.17. The van der Waals surface area contributed by atoms with Crippen LogP contribution in [-0.2, 0) is 16.0 Å². The number of hydrogen-bond acceptors (Lipinski definition) is 4. The first-order valence-electron chi connectivity index (χ1n) is 11.1. The van der Waals surface area contributed by atoms with E-state index in [1.807, 2.05) is 36.4 Å². The zero-order valence-electron chi connectivity index (χ0n) is 19.4. The van der Waals surface area contributed by atoms with Gasteiger partial charge in [-0.2, -0.15) is 13.2 Å². The number of hydrogen-bond donors (Lipinski definition) is 2. The van der Waals surface area contributed by atoms with E-state index in [1.165, 1.54) is 22.3 Å². The van der Waals surface area contributed by atoms with Gasteiger partial charge < -0.3 is 25.7 Å². The van der Waals surface area contributed by atoms with E-state index in [4.69, 9.17) is 37.8 Å². The standard InChI is InChI=1S/C24H22Cl2N2O2.C2HF3O2/c25-22-10-9-15(12-23(22)26)11-16(27)13-28-24(29)30-14-21-19-7-3-1-5-17(19)18-6-2-4-8-20(18)21;3-2(4,5)1(6)7/h1-10,12,16,21H,11,13-14,27H2,(H,28,29);(H,6,7)/t16-;/m1./s1. The number of fused-ring (bicyclic) bond motifs is 3. The molecule has 196 valence electrons. The molecular weight excluding hydrogens is 532 g/mol. The van der Waals surface area contributed by atoms with Gasteiger partial charge in [-0.25, -0.2) is 4.79 Å². The van der Waals surface area contributed by atoms with Gasteiger partial charge in [-0.3, -0.25) is 0 Å². The van der Waals surface area contributed by atoms with Gasteiger partial charge in [0.1, 0.15) is 18.6 Å². The third-order valence-electron chi connectivity index (χ3n) is 5.62. The Morgan fingerprint density at radius 2 is 1.51 bits per heavy atom. The van der Waals surface area contributed by atoms with Gasteiger partial charge in [0.15, 0.2) is 0 Å². The summed E-state index contributed by atoms with van der Waals surface area (Å²) < 4.78 is 37.1. The number of aliphatic carboxylic acids is 1. The Hall–Kier alpha value is -3.27. The van der Waals surface area contributed by atoms with Gasteiger partial charge in [0.2, 0.25) is 0 Å². The van der Waals surface area contributed by atoms with Gasteiger partial charge in [-0.1, -0.05) is 77.8 Å². The van der Waals surface area contributed by atoms with Crippen molar-refractivity contribution < 1.29 is 38.3 Å². The number of carbonyl (C=O) groups is 2. The molecule has 1 aliphatic carbocycles. The van der Waals surface area contributed by atoms with Crippen LogP contribution in [0.5, 0.6) is 0 Å². The highest BCUT2D eigenvalue weighted by Crippen LogP contribution is 2.44. The quantitative estimate of drug-likeness (QED) is 0.480. The summed E-state index contributed by atoms with van der Waals surface area (Å²) in [6, 6.07) is 22.1. The molecule has 0 radical (unpaired) electrons. The number of nitrogens with one attached hydrogen (secondary N) is 1. The highest BCUT2D eigenvalue weighted by atomic mass is 35.5. The Morgan fingerprint density at radius 3 is 2.03 bits per heavy atom. The van der Waals surface area contributed by atoms with E-state index < -0.39 is 18.2 Å². The molecule has 1 amide bonds. The second-order valence-electron chi connectivity index (χ2n) is 8.31. The third kappa shape index (κ3) is 7.61. The summed E-state index contributed by atoms with van der Waals surface area (Å²) in [5.41, 5.74) is 9.95. The number of alkyl carbamates (subject to hydrolysis) is 1. The summed E-state index contributed by atoms with van der Waals surface area (Å²) in [6.07, 6.45) is -4.94. The highest BCUT2D eigenvalue weighted by molar-refractivity contribution is 6.42. The molecule has 1 aliphatic rings. The predicted molar refractivity (Wildman–Crippen MR) is 131 cm³/mol. The summed E-state index contributed by atoms with van der Waals surface area (Å²) in [5.74, 6) is -2.96. The predicted octanol–water partition coefficient (Wildman–Crippen LogP) is 3.98. The molecule has 11 heteroatoms. The van der Waals surface area contributed by atoms with E-state index in [-0.39, 0.29) is 12.0 Å². The number of ether oxygens (including phenoxy) is 1. The minimum absolute atomic E-state index is 0.0114. The molecular formula is C26H23Cl2F3N2O4. The first-order valence-corrected chi connectivity index (χ1v) is 11.9. The van der Waals surface area contributed by atoms with Crippen molar-refractivity contribution in [2.24, 2.45) is 0 Å². The SMILES string of the molecule is O=C([O-])C(F)(F)F.[NH3+][C@@H](CNC(=O)OCC1c2ccccc2-c2ccccc21)Cc1ccc(Cl)c(Cl)c1. The molecule has 37 heavy (non-hydrogen) atoms. The molecule has 3 aromatic rings. The summed E-state index contributed by atoms with van der Waals surface area (Å²) >= 11 is 12.0. The van der Waals surface area contributed by atoms with Crippen LogP contribution in [0.4, 0.5) is 18.0 Å². The van der Waals surface area contributed by atoms with Crippen molar-refractivity contribution in [1.82, 2.24) is 5.32 Å². The number of carbonyl (C=O) groups excluding carboxylic acids is 2. The lowest BCUT2D eigenvalue weighted by atomic mass is 9.98. The molecule has 0 aliphatic heterocycles. The maximum Gasteiger partial charge on any atom is 0.430 e. The van der Waals surface area contributed by atoms with E-state index in [1.54, 1.807) is 6.07 Å². The highest BCUT2D eigenvalue weighted by Gasteiger charge is 2.29. The lowest BCUT2D eigenvalue weighted by Gasteiger charge is -2.15. The third-order valence-corrected chi connectivity index (χ3v) is 6.36. The molecule has 4 N–H and O–H groups in total. The fourth-order valence-electron chi connectivity index (χ4n) is 3.95. The smallest absolute Gasteiger partial charge is 0.430 e. The normalized spacial score (nSPS) is 13.0. The van der Waals surface area contributed by atoms with Gasteiger partial charge in [0.25, 0.3) is 0 Å². The summed E-state index contributed by atoms with van der Waals surface area (Å²) in [4.78, 5) is 21.1. The molecule has 1 atom stereocenters. The molecule has 0 aromatic heterocycles. The molecule has 0 spiro atoms. The van der Waals surface area contributed by atoms with Crippen LogP contribution in [0.25, 0.3) is 11.1 Å². The van der Waals surface area contributed by atoms with Crippen molar-refractivity contribution in [1.29, 1.82) is 0 Å². The van der Waals surface area contributed by atoms with Crippen molar-refractivity contribution in [3.8, 4) is 11.1 Å². The Bertz CT molecular complexity index is 1230. The van der Waals surface area contributed by atoms with Crippen LogP contribution in [0, 0.1) is 0 Å². The minimum Gasteiger partial charge on any atom is -0.542 e. The van der Waals surface area contributed by atoms with Crippen molar-refractivity contribution in [3.05, 3.63) is 93.5 Å². The van der Waals surface area contributed by atoms with Gasteiger partial charge in [0, 0.05) is 12.3 Å². The van der Waals surface area contributed by atoms with Crippen LogP contribution in [0.1, 0.15) is 22.6 Å². The summed E-state index contributed by atoms with van der Waals surface area (Å²) in [7, 11) is 0. The Labute approximate surface area is 221 Å². The molecule has 0 bridgehead atoms. The molecule has 6 nitrogen and oxygen atoms in total. The number of halogens is 5. The van der Waals surface area contributed by atoms with Crippen molar-refractivity contribution in [2.75, 3.05) is 13.2 Å². The lowest BCUT2D eigenvalue weighted by molar-refractivity contribution is -0.416. The number of amides is 1. The fraction of sp³-hybridized carbons (Fsp3) is 0.231. The lowest BCUT2D eigenvalue weighted by Crippen LogP contribution is -2.66. The maximum absolute atomic E-state index is 12.3. The maximum atomic E-state index is 12.3. The fourth-order valence-corrected chi connectivity index (χ4v) is 4.27. The monoisotopic (exact) mass is 554 g/mol. The van der Waals surface area contributed by atoms with Crippen LogP contribution in [0.3, 0.4) is 0 Å². The molecule has 0 unspecified atom stereocenters. The van der Waals surface area contributed by atoms with Crippen LogP contribution >= 0.6 is 23.2 Å². The molecule has 0 saturated heterocycles. The van der Waals surface area contributed by atoms with Crippen molar-refractivity contribution in [3.63, 3.8) is 0 Å². The number of carboxylic acids is 1. The molecule has 0 heterocycles. The second kappa shape index (κ2) is 12.3. The van der Waals surface area contributed by atoms with Gasteiger partial charge >= 0.3 is 12.3 Å². The van der Waals surface area contributed by atoms with Crippen LogP contribution in [0.15, 0.2) is 66.7 Å². The molecule has 0 saturated carbocycles. The largest absolute Gasteiger partial charge is 0.542 e. The first-order chi connectivity index (χ1) is 17.5. The van der Waals surface area contributed by atoms with E-state index in [0.29, 0.717) is 29.6 Å². The van der Waals surface area contributed by atoms with E-state index in [2.05, 4.69) is 35.3 Å². The zero-order valence-corrected chi connectivity index (χ0v) is 20.9. The average molecular weight is 555 g/mol. The number of rotatable bonds is 6. The Balaban J connectivity index is 0.000000479. The Morgan fingerprint density at radius 1 is 0.973 bits per heavy atom. The Kier molecular flexibility index (Phi) is 9.42. The van der Waals surface area contributed by atoms with Crippen LogP contribution < -0.4 is 16.2 Å². The van der Waals surface area contributed by atoms with Crippen LogP contribution in [-0.4, -0.2) is 37.4 Å². The van der Waals surface area contributed by atoms with Crippen molar-refractivity contribution in [2.45, 2.75) is 24.6 Å². The van der Waals surface area contributed by atoms with Gasteiger partial charge in [-0.15, -0.1) is 0 Å². The first kappa shape index (κ1) is 28.3. The molecule has 4 rings (SSSR count). The minimum atomic E-state index is -5.19. The van der Waals surface area contributed by atoms with Gasteiger partial charge in [-0.05, 0) is 39.9 Å².